The first-order valence-corrected chi connectivity index (χ1v) is 10.6. The molecule has 1 amide bonds. The minimum absolute atomic E-state index is 0.0929. The second-order valence-corrected chi connectivity index (χ2v) is 8.17. The number of fused-ring (bicyclic) bond motifs is 1. The number of benzene rings is 1. The fraction of sp³-hybridized carbons (Fsp3) is 0.261. The van der Waals surface area contributed by atoms with Gasteiger partial charge in [-0.1, -0.05) is 24.3 Å². The average molecular weight is 470 g/mol. The molecule has 0 saturated carbocycles. The number of furan rings is 1. The number of nitrogens with one attached hydrogen (secondary N) is 2. The Morgan fingerprint density at radius 2 is 2.09 bits per heavy atom. The fourth-order valence-electron chi connectivity index (χ4n) is 4.03. The SMILES string of the molecule is Cc1ccccc1Cn1cc(NC(=O)c2cc3n(n2)C(C(F)(F)F)CC(c2ccco2)N3)cn1. The van der Waals surface area contributed by atoms with Gasteiger partial charge < -0.3 is 15.1 Å². The molecule has 0 radical (unpaired) electrons. The molecule has 0 fully saturated rings. The van der Waals surface area contributed by atoms with Gasteiger partial charge in [-0.3, -0.25) is 9.48 Å². The van der Waals surface area contributed by atoms with E-state index >= 15 is 0 Å². The highest BCUT2D eigenvalue weighted by Gasteiger charge is 2.47. The zero-order chi connectivity index (χ0) is 23.9. The summed E-state index contributed by atoms with van der Waals surface area (Å²) in [5.74, 6) is -0.154. The number of alkyl halides is 3. The van der Waals surface area contributed by atoms with Crippen LogP contribution in [-0.4, -0.2) is 31.6 Å². The van der Waals surface area contributed by atoms with E-state index in [0.717, 1.165) is 15.8 Å². The van der Waals surface area contributed by atoms with Crippen molar-refractivity contribution in [2.45, 2.75) is 38.1 Å². The predicted molar refractivity (Wildman–Crippen MR) is 117 cm³/mol. The van der Waals surface area contributed by atoms with Gasteiger partial charge in [0.05, 0.1) is 30.7 Å². The van der Waals surface area contributed by atoms with Crippen molar-refractivity contribution in [3.63, 3.8) is 0 Å². The third-order valence-electron chi connectivity index (χ3n) is 5.79. The number of carbonyl (C=O) groups is 1. The molecule has 0 aliphatic carbocycles. The Bertz CT molecular complexity index is 1310. The van der Waals surface area contributed by atoms with Crippen LogP contribution in [0.15, 0.2) is 65.5 Å². The lowest BCUT2D eigenvalue weighted by Gasteiger charge is -2.32. The van der Waals surface area contributed by atoms with Gasteiger partial charge in [0.15, 0.2) is 11.7 Å². The standard InChI is InChI=1S/C23H21F3N6O2/c1-14-5-2-3-6-15(14)12-31-13-16(11-27-31)28-22(33)18-10-21-29-17(19-7-4-8-34-19)9-20(23(24,25)26)32(21)30-18/h2-8,10-11,13,17,20,29H,9,12H2,1H3,(H,28,33). The van der Waals surface area contributed by atoms with Crippen molar-refractivity contribution in [1.82, 2.24) is 19.6 Å². The summed E-state index contributed by atoms with van der Waals surface area (Å²) in [7, 11) is 0. The Morgan fingerprint density at radius 1 is 1.26 bits per heavy atom. The van der Waals surface area contributed by atoms with Crippen LogP contribution in [0.25, 0.3) is 0 Å². The maximum atomic E-state index is 13.8. The van der Waals surface area contributed by atoms with E-state index in [4.69, 9.17) is 4.42 Å². The summed E-state index contributed by atoms with van der Waals surface area (Å²) in [6, 6.07) is 9.83. The second-order valence-electron chi connectivity index (χ2n) is 8.17. The predicted octanol–water partition coefficient (Wildman–Crippen LogP) is 4.94. The maximum Gasteiger partial charge on any atom is 0.410 e. The van der Waals surface area contributed by atoms with E-state index in [0.29, 0.717) is 18.0 Å². The van der Waals surface area contributed by atoms with E-state index in [-0.39, 0.29) is 17.9 Å². The molecule has 0 saturated heterocycles. The normalized spacial score (nSPS) is 17.8. The molecule has 4 heterocycles. The summed E-state index contributed by atoms with van der Waals surface area (Å²) >= 11 is 0. The van der Waals surface area contributed by atoms with Gasteiger partial charge in [-0.2, -0.15) is 23.4 Å². The number of rotatable bonds is 5. The van der Waals surface area contributed by atoms with E-state index in [1.807, 2.05) is 31.2 Å². The highest BCUT2D eigenvalue weighted by molar-refractivity contribution is 6.03. The Kier molecular flexibility index (Phi) is 5.39. The molecule has 4 aromatic rings. The Balaban J connectivity index is 1.34. The number of carbonyl (C=O) groups excluding carboxylic acids is 1. The van der Waals surface area contributed by atoms with Gasteiger partial charge in [-0.05, 0) is 30.2 Å². The number of hydrogen-bond donors (Lipinski definition) is 2. The maximum absolute atomic E-state index is 13.8. The third kappa shape index (κ3) is 4.28. The number of amides is 1. The quantitative estimate of drug-likeness (QED) is 0.431. The van der Waals surface area contributed by atoms with Crippen LogP contribution < -0.4 is 10.6 Å². The molecule has 34 heavy (non-hydrogen) atoms. The number of aryl methyl sites for hydroxylation is 1. The number of aromatic nitrogens is 4. The molecule has 2 atom stereocenters. The zero-order valence-corrected chi connectivity index (χ0v) is 18.1. The van der Waals surface area contributed by atoms with Crippen molar-refractivity contribution in [3.05, 3.63) is 83.7 Å². The Morgan fingerprint density at radius 3 is 2.82 bits per heavy atom. The van der Waals surface area contributed by atoms with E-state index in [9.17, 15) is 18.0 Å². The first kappa shape index (κ1) is 21.8. The molecule has 1 aliphatic heterocycles. The van der Waals surface area contributed by atoms with E-state index < -0.39 is 24.2 Å². The summed E-state index contributed by atoms with van der Waals surface area (Å²) in [4.78, 5) is 12.8. The summed E-state index contributed by atoms with van der Waals surface area (Å²) in [6.45, 7) is 2.52. The van der Waals surface area contributed by atoms with Crippen LogP contribution >= 0.6 is 0 Å². The average Bonchev–Trinajstić information content (AvgIpc) is 3.54. The lowest BCUT2D eigenvalue weighted by molar-refractivity contribution is -0.174. The summed E-state index contributed by atoms with van der Waals surface area (Å²) in [5, 5.41) is 13.9. The van der Waals surface area contributed by atoms with Crippen LogP contribution in [0, 0.1) is 6.92 Å². The molecule has 0 bridgehead atoms. The van der Waals surface area contributed by atoms with Gasteiger partial charge in [0.25, 0.3) is 5.91 Å². The fourth-order valence-corrected chi connectivity index (χ4v) is 4.03. The zero-order valence-electron chi connectivity index (χ0n) is 18.1. The molecule has 1 aromatic carbocycles. The van der Waals surface area contributed by atoms with Crippen molar-refractivity contribution in [1.29, 1.82) is 0 Å². The summed E-state index contributed by atoms with van der Waals surface area (Å²) in [6.07, 6.45) is -0.305. The van der Waals surface area contributed by atoms with Crippen LogP contribution in [0.4, 0.5) is 24.7 Å². The van der Waals surface area contributed by atoms with Crippen molar-refractivity contribution >= 4 is 17.4 Å². The molecule has 1 aliphatic rings. The van der Waals surface area contributed by atoms with Gasteiger partial charge in [-0.25, -0.2) is 4.68 Å². The van der Waals surface area contributed by atoms with E-state index in [1.165, 1.54) is 18.5 Å². The van der Waals surface area contributed by atoms with Crippen molar-refractivity contribution in [2.75, 3.05) is 10.6 Å². The van der Waals surface area contributed by atoms with Crippen LogP contribution in [0.1, 0.15) is 45.9 Å². The number of anilines is 2. The molecule has 11 heteroatoms. The lowest BCUT2D eigenvalue weighted by atomic mass is 10.0. The monoisotopic (exact) mass is 470 g/mol. The van der Waals surface area contributed by atoms with Crippen LogP contribution in [-0.2, 0) is 6.54 Å². The Labute approximate surface area is 192 Å². The van der Waals surface area contributed by atoms with E-state index in [2.05, 4.69) is 20.8 Å². The first-order valence-electron chi connectivity index (χ1n) is 10.6. The van der Waals surface area contributed by atoms with E-state index in [1.54, 1.807) is 23.0 Å². The lowest BCUT2D eigenvalue weighted by Crippen LogP contribution is -2.35. The summed E-state index contributed by atoms with van der Waals surface area (Å²) < 4.78 is 49.1. The molecule has 2 N–H and O–H groups in total. The topological polar surface area (TPSA) is 89.9 Å². The summed E-state index contributed by atoms with van der Waals surface area (Å²) in [5.41, 5.74) is 2.48. The largest absolute Gasteiger partial charge is 0.467 e. The van der Waals surface area contributed by atoms with Crippen molar-refractivity contribution in [2.24, 2.45) is 0 Å². The first-order chi connectivity index (χ1) is 16.3. The van der Waals surface area contributed by atoms with Crippen molar-refractivity contribution < 1.29 is 22.4 Å². The van der Waals surface area contributed by atoms with Gasteiger partial charge in [0, 0.05) is 18.7 Å². The molecule has 2 unspecified atom stereocenters. The number of halogens is 3. The van der Waals surface area contributed by atoms with Gasteiger partial charge in [0.1, 0.15) is 11.6 Å². The molecule has 8 nitrogen and oxygen atoms in total. The minimum atomic E-state index is -4.54. The second kappa shape index (κ2) is 8.40. The molecule has 176 valence electrons. The molecule has 3 aromatic heterocycles. The number of nitrogens with zero attached hydrogens (tertiary/aromatic N) is 4. The highest BCUT2D eigenvalue weighted by atomic mass is 19.4. The minimum Gasteiger partial charge on any atom is -0.467 e. The molecule has 0 spiro atoms. The van der Waals surface area contributed by atoms with Crippen LogP contribution in [0.2, 0.25) is 0 Å². The van der Waals surface area contributed by atoms with Crippen LogP contribution in [0.5, 0.6) is 0 Å². The molecular formula is C23H21F3N6O2. The molecular weight excluding hydrogens is 449 g/mol. The van der Waals surface area contributed by atoms with Crippen LogP contribution in [0.3, 0.4) is 0 Å². The van der Waals surface area contributed by atoms with Crippen molar-refractivity contribution in [3.8, 4) is 0 Å². The molecule has 5 rings (SSSR count). The Hall–Kier alpha value is -4.02. The van der Waals surface area contributed by atoms with Gasteiger partial charge in [-0.15, -0.1) is 0 Å². The van der Waals surface area contributed by atoms with Gasteiger partial charge in [0.2, 0.25) is 0 Å². The third-order valence-corrected chi connectivity index (χ3v) is 5.79. The number of hydrogen-bond acceptors (Lipinski definition) is 5. The van der Waals surface area contributed by atoms with Gasteiger partial charge >= 0.3 is 6.18 Å². The highest BCUT2D eigenvalue weighted by Crippen LogP contribution is 2.43. The smallest absolute Gasteiger partial charge is 0.410 e.